The fourth-order valence-corrected chi connectivity index (χ4v) is 0.759. The Morgan fingerprint density at radius 3 is 2.75 bits per heavy atom. The molecule has 1 nitrogen and oxygen atoms in total. The first-order chi connectivity index (χ1) is 3.81. The summed E-state index contributed by atoms with van der Waals surface area (Å²) < 4.78 is 4.97. The average Bonchev–Trinajstić information content (AvgIpc) is 1.68. The molecule has 1 atom stereocenters. The second-order valence-corrected chi connectivity index (χ2v) is 2.02. The van der Waals surface area contributed by atoms with Gasteiger partial charge in [0.2, 0.25) is 0 Å². The molecule has 48 valence electrons. The summed E-state index contributed by atoms with van der Waals surface area (Å²) in [5.41, 5.74) is 1.33. The van der Waals surface area contributed by atoms with E-state index in [1.54, 1.807) is 0 Å². The molecule has 1 unspecified atom stereocenters. The minimum atomic E-state index is 0.303. The SMILES string of the molecule is CCCC(C)OC=S. The highest BCUT2D eigenvalue weighted by Crippen LogP contribution is 1.97. The quantitative estimate of drug-likeness (QED) is 0.542. The summed E-state index contributed by atoms with van der Waals surface area (Å²) in [6, 6.07) is 0. The number of hydrogen-bond acceptors (Lipinski definition) is 2. The number of thiocarbonyl (C=S) groups is 1. The Labute approximate surface area is 56.0 Å². The van der Waals surface area contributed by atoms with Crippen LogP contribution in [0.5, 0.6) is 0 Å². The molecule has 0 aromatic carbocycles. The normalized spacial score (nSPS) is 12.8. The van der Waals surface area contributed by atoms with E-state index in [-0.39, 0.29) is 0 Å². The van der Waals surface area contributed by atoms with E-state index in [1.807, 2.05) is 6.92 Å². The van der Waals surface area contributed by atoms with Crippen LogP contribution in [-0.4, -0.2) is 11.7 Å². The first kappa shape index (κ1) is 7.89. The first-order valence-corrected chi connectivity index (χ1v) is 3.37. The van der Waals surface area contributed by atoms with Crippen LogP contribution in [0, 0.1) is 0 Å². The van der Waals surface area contributed by atoms with E-state index in [9.17, 15) is 0 Å². The molecule has 0 bridgehead atoms. The van der Waals surface area contributed by atoms with Gasteiger partial charge in [0, 0.05) is 0 Å². The largest absolute Gasteiger partial charge is 0.487 e. The van der Waals surface area contributed by atoms with Crippen LogP contribution in [0.25, 0.3) is 0 Å². The molecule has 2 heteroatoms. The lowest BCUT2D eigenvalue weighted by Crippen LogP contribution is -2.04. The van der Waals surface area contributed by atoms with Crippen LogP contribution < -0.4 is 0 Å². The molecule has 0 aliphatic rings. The molecule has 0 saturated carbocycles. The minimum Gasteiger partial charge on any atom is -0.487 e. The Balaban J connectivity index is 3.03. The third kappa shape index (κ3) is 4.06. The van der Waals surface area contributed by atoms with Crippen LogP contribution in [0.3, 0.4) is 0 Å². The molecule has 8 heavy (non-hydrogen) atoms. The van der Waals surface area contributed by atoms with E-state index in [4.69, 9.17) is 4.74 Å². The van der Waals surface area contributed by atoms with Crippen molar-refractivity contribution in [2.24, 2.45) is 0 Å². The molecule has 0 spiro atoms. The summed E-state index contributed by atoms with van der Waals surface area (Å²) in [6.07, 6.45) is 2.55. The smallest absolute Gasteiger partial charge is 0.146 e. The van der Waals surface area contributed by atoms with Crippen LogP contribution >= 0.6 is 12.2 Å². The lowest BCUT2D eigenvalue weighted by molar-refractivity contribution is 0.213. The summed E-state index contributed by atoms with van der Waals surface area (Å²) in [6.45, 7) is 4.15. The number of ether oxygens (including phenoxy) is 1. The van der Waals surface area contributed by atoms with Gasteiger partial charge < -0.3 is 4.74 Å². The second kappa shape index (κ2) is 5.04. The van der Waals surface area contributed by atoms with Crippen molar-refractivity contribution in [3.05, 3.63) is 0 Å². The van der Waals surface area contributed by atoms with Crippen LogP contribution in [0.15, 0.2) is 0 Å². The molecule has 0 aromatic heterocycles. The maximum Gasteiger partial charge on any atom is 0.146 e. The summed E-state index contributed by atoms with van der Waals surface area (Å²) in [5.74, 6) is 0. The molecule has 0 fully saturated rings. The van der Waals surface area contributed by atoms with Gasteiger partial charge in [-0.1, -0.05) is 13.3 Å². The first-order valence-electron chi connectivity index (χ1n) is 2.90. The zero-order valence-electron chi connectivity index (χ0n) is 5.39. The lowest BCUT2D eigenvalue weighted by Gasteiger charge is -2.06. The Kier molecular flexibility index (Phi) is 4.97. The van der Waals surface area contributed by atoms with E-state index >= 15 is 0 Å². The Morgan fingerprint density at radius 2 is 2.38 bits per heavy atom. The van der Waals surface area contributed by atoms with Gasteiger partial charge in [-0.15, -0.1) is 0 Å². The van der Waals surface area contributed by atoms with Gasteiger partial charge in [0.1, 0.15) is 5.55 Å². The minimum absolute atomic E-state index is 0.303. The van der Waals surface area contributed by atoms with Crippen LogP contribution in [0.1, 0.15) is 26.7 Å². The highest BCUT2D eigenvalue weighted by molar-refractivity contribution is 7.78. The summed E-state index contributed by atoms with van der Waals surface area (Å²) >= 11 is 4.50. The van der Waals surface area contributed by atoms with Crippen molar-refractivity contribution in [2.45, 2.75) is 32.8 Å². The topological polar surface area (TPSA) is 9.23 Å². The molecule has 0 saturated heterocycles. The zero-order valence-corrected chi connectivity index (χ0v) is 6.20. The van der Waals surface area contributed by atoms with Crippen molar-refractivity contribution in [2.75, 3.05) is 0 Å². The Bertz CT molecular complexity index is 63.5. The highest BCUT2D eigenvalue weighted by atomic mass is 32.1. The summed E-state index contributed by atoms with van der Waals surface area (Å²) in [7, 11) is 0. The fourth-order valence-electron chi connectivity index (χ4n) is 0.569. The molecule has 0 amide bonds. The third-order valence-electron chi connectivity index (χ3n) is 0.983. The van der Waals surface area contributed by atoms with Crippen molar-refractivity contribution in [3.8, 4) is 0 Å². The van der Waals surface area contributed by atoms with Crippen LogP contribution in [0.4, 0.5) is 0 Å². The molecule has 0 heterocycles. The monoisotopic (exact) mass is 132 g/mol. The van der Waals surface area contributed by atoms with Crippen molar-refractivity contribution in [3.63, 3.8) is 0 Å². The van der Waals surface area contributed by atoms with Crippen LogP contribution in [-0.2, 0) is 4.74 Å². The summed E-state index contributed by atoms with van der Waals surface area (Å²) in [5, 5.41) is 0. The standard InChI is InChI=1S/C6H12OS/c1-3-4-6(2)7-5-8/h5-6H,3-4H2,1-2H3. The average molecular weight is 132 g/mol. The predicted molar refractivity (Wildman–Crippen MR) is 39.1 cm³/mol. The van der Waals surface area contributed by atoms with E-state index in [1.165, 1.54) is 5.55 Å². The molecule has 0 N–H and O–H groups in total. The molecule has 0 aliphatic carbocycles. The molecular formula is C6H12OS. The van der Waals surface area contributed by atoms with Gasteiger partial charge in [0.05, 0.1) is 6.10 Å². The Morgan fingerprint density at radius 1 is 1.75 bits per heavy atom. The molecule has 0 rings (SSSR count). The van der Waals surface area contributed by atoms with Gasteiger partial charge in [-0.05, 0) is 25.6 Å². The van der Waals surface area contributed by atoms with Crippen molar-refractivity contribution >= 4 is 17.8 Å². The van der Waals surface area contributed by atoms with E-state index in [0.29, 0.717) is 6.10 Å². The van der Waals surface area contributed by atoms with Gasteiger partial charge in [0.15, 0.2) is 0 Å². The van der Waals surface area contributed by atoms with E-state index in [2.05, 4.69) is 19.1 Å². The Hall–Kier alpha value is -0.110. The highest BCUT2D eigenvalue weighted by Gasteiger charge is 1.94. The van der Waals surface area contributed by atoms with E-state index in [0.717, 1.165) is 12.8 Å². The number of hydrogen-bond donors (Lipinski definition) is 0. The van der Waals surface area contributed by atoms with E-state index < -0.39 is 0 Å². The third-order valence-corrected chi connectivity index (χ3v) is 1.09. The summed E-state index contributed by atoms with van der Waals surface area (Å²) in [4.78, 5) is 0. The molecule has 0 aliphatic heterocycles. The fraction of sp³-hybridized carbons (Fsp3) is 0.833. The zero-order chi connectivity index (χ0) is 6.41. The maximum absolute atomic E-state index is 4.97. The van der Waals surface area contributed by atoms with Gasteiger partial charge >= 0.3 is 0 Å². The second-order valence-electron chi connectivity index (χ2n) is 1.83. The van der Waals surface area contributed by atoms with Crippen molar-refractivity contribution in [1.82, 2.24) is 0 Å². The van der Waals surface area contributed by atoms with Crippen molar-refractivity contribution in [1.29, 1.82) is 0 Å². The molecular weight excluding hydrogens is 120 g/mol. The molecule has 0 radical (unpaired) electrons. The van der Waals surface area contributed by atoms with Gasteiger partial charge in [0.25, 0.3) is 0 Å². The maximum atomic E-state index is 4.97. The molecule has 0 aromatic rings. The van der Waals surface area contributed by atoms with Crippen molar-refractivity contribution < 1.29 is 4.74 Å². The van der Waals surface area contributed by atoms with Gasteiger partial charge in [-0.2, -0.15) is 0 Å². The van der Waals surface area contributed by atoms with Gasteiger partial charge in [-0.25, -0.2) is 0 Å². The van der Waals surface area contributed by atoms with Gasteiger partial charge in [-0.3, -0.25) is 0 Å². The number of rotatable bonds is 4. The van der Waals surface area contributed by atoms with Crippen LogP contribution in [0.2, 0.25) is 0 Å². The predicted octanol–water partition coefficient (Wildman–Crippen LogP) is 2.15. The lowest BCUT2D eigenvalue weighted by atomic mass is 10.2.